The molecule has 0 fully saturated rings. The van der Waals surface area contributed by atoms with Crippen LogP contribution >= 0.6 is 11.3 Å². The lowest BCUT2D eigenvalue weighted by Crippen LogP contribution is -2.39. The van der Waals surface area contributed by atoms with Crippen LogP contribution in [0.15, 0.2) is 78.2 Å². The molecule has 0 saturated carbocycles. The van der Waals surface area contributed by atoms with Crippen LogP contribution in [0.1, 0.15) is 50.7 Å². The Hall–Kier alpha value is -4.04. The summed E-state index contributed by atoms with van der Waals surface area (Å²) in [4.78, 5) is 31.1. The summed E-state index contributed by atoms with van der Waals surface area (Å²) in [5, 5.41) is 5.29. The van der Waals surface area contributed by atoms with Gasteiger partial charge in [0, 0.05) is 25.4 Å². The molecule has 1 atom stereocenters. The summed E-state index contributed by atoms with van der Waals surface area (Å²) >= 11 is 1.37. The Balaban J connectivity index is 1.29. The molecule has 3 aromatic carbocycles. The number of amides is 2. The molecule has 0 unspecified atom stereocenters. The van der Waals surface area contributed by atoms with Gasteiger partial charge in [-0.15, -0.1) is 11.3 Å². The highest BCUT2D eigenvalue weighted by atomic mass is 32.1. The number of nitrogens with one attached hydrogen (secondary N) is 1. The maximum absolute atomic E-state index is 13.6. The number of fused-ring (bicyclic) bond motifs is 1. The molecule has 0 saturated heterocycles. The summed E-state index contributed by atoms with van der Waals surface area (Å²) in [6.45, 7) is 2.80. The van der Waals surface area contributed by atoms with Gasteiger partial charge in [-0.25, -0.2) is 9.37 Å². The minimum absolute atomic E-state index is 0.0350. The molecule has 2 amide bonds. The van der Waals surface area contributed by atoms with Crippen LogP contribution in [-0.2, 0) is 24.4 Å². The van der Waals surface area contributed by atoms with Gasteiger partial charge >= 0.3 is 0 Å². The highest BCUT2D eigenvalue weighted by Gasteiger charge is 2.31. The number of ether oxygens (including phenoxy) is 1. The van der Waals surface area contributed by atoms with Crippen molar-refractivity contribution in [3.05, 3.63) is 117 Å². The molecule has 0 aliphatic carbocycles. The van der Waals surface area contributed by atoms with E-state index in [-0.39, 0.29) is 30.3 Å². The van der Waals surface area contributed by atoms with Crippen molar-refractivity contribution >= 4 is 23.2 Å². The van der Waals surface area contributed by atoms with E-state index in [1.54, 1.807) is 29.3 Å². The molecule has 0 radical (unpaired) electrons. The fraction of sp³-hybridized carbons (Fsp3) is 0.207. The molecule has 0 spiro atoms. The van der Waals surface area contributed by atoms with Crippen molar-refractivity contribution in [2.75, 3.05) is 6.54 Å². The van der Waals surface area contributed by atoms with Gasteiger partial charge in [0.05, 0.1) is 6.04 Å². The zero-order valence-electron chi connectivity index (χ0n) is 20.3. The summed E-state index contributed by atoms with van der Waals surface area (Å²) < 4.78 is 19.6. The Labute approximate surface area is 218 Å². The molecular weight excluding hydrogens is 489 g/mol. The second-order valence-corrected chi connectivity index (χ2v) is 9.80. The van der Waals surface area contributed by atoms with Crippen LogP contribution in [0.5, 0.6) is 5.75 Å². The van der Waals surface area contributed by atoms with E-state index in [0.717, 1.165) is 28.7 Å². The van der Waals surface area contributed by atoms with Gasteiger partial charge in [-0.2, -0.15) is 0 Å². The number of nitrogens with zero attached hydrogens (tertiary/aromatic N) is 2. The number of aromatic nitrogens is 1. The standard InChI is InChI=1S/C29H26FN3O3S/c1-19(34)33-14-13-21-9-12-24(15-25(21)28(33)22-7-10-23(30)11-8-22)36-17-27-32-26(18-37-27)29(35)31-16-20-5-3-2-4-6-20/h2-12,15,18,28H,13-14,16-17H2,1H3,(H,31,35)/t28-/m1/s1. The van der Waals surface area contributed by atoms with Crippen LogP contribution in [0.3, 0.4) is 0 Å². The fourth-order valence-corrected chi connectivity index (χ4v) is 5.21. The number of thiazole rings is 1. The Morgan fingerprint density at radius 3 is 2.65 bits per heavy atom. The van der Waals surface area contributed by atoms with E-state index >= 15 is 0 Å². The van der Waals surface area contributed by atoms with E-state index in [0.29, 0.717) is 29.5 Å². The van der Waals surface area contributed by atoms with Gasteiger partial charge in [0.25, 0.3) is 5.91 Å². The Kier molecular flexibility index (Phi) is 7.28. The van der Waals surface area contributed by atoms with E-state index < -0.39 is 0 Å². The zero-order valence-corrected chi connectivity index (χ0v) is 21.1. The number of carbonyl (C=O) groups is 2. The molecule has 4 aromatic rings. The van der Waals surface area contributed by atoms with Crippen LogP contribution in [0.2, 0.25) is 0 Å². The average Bonchev–Trinajstić information content (AvgIpc) is 3.40. The molecule has 1 N–H and O–H groups in total. The molecule has 1 aliphatic rings. The lowest BCUT2D eigenvalue weighted by Gasteiger charge is -2.37. The number of hydrogen-bond acceptors (Lipinski definition) is 5. The number of benzene rings is 3. The van der Waals surface area contributed by atoms with E-state index in [4.69, 9.17) is 4.74 Å². The van der Waals surface area contributed by atoms with Gasteiger partial charge in [0.2, 0.25) is 5.91 Å². The van der Waals surface area contributed by atoms with E-state index in [1.165, 1.54) is 23.5 Å². The van der Waals surface area contributed by atoms with Crippen molar-refractivity contribution in [3.63, 3.8) is 0 Å². The normalized spacial score (nSPS) is 14.6. The molecule has 1 aromatic heterocycles. The van der Waals surface area contributed by atoms with Gasteiger partial charge < -0.3 is 15.0 Å². The van der Waals surface area contributed by atoms with Crippen LogP contribution in [0.25, 0.3) is 0 Å². The van der Waals surface area contributed by atoms with Gasteiger partial charge in [-0.3, -0.25) is 9.59 Å². The summed E-state index contributed by atoms with van der Waals surface area (Å²) in [5.74, 6) is 0.0584. The molecule has 5 rings (SSSR count). The van der Waals surface area contributed by atoms with Crippen molar-refractivity contribution in [1.29, 1.82) is 0 Å². The van der Waals surface area contributed by atoms with Crippen LogP contribution in [0, 0.1) is 5.82 Å². The molecule has 37 heavy (non-hydrogen) atoms. The van der Waals surface area contributed by atoms with Crippen molar-refractivity contribution in [3.8, 4) is 5.75 Å². The zero-order chi connectivity index (χ0) is 25.8. The maximum Gasteiger partial charge on any atom is 0.271 e. The van der Waals surface area contributed by atoms with Gasteiger partial charge in [-0.1, -0.05) is 48.5 Å². The first kappa shape index (κ1) is 24.6. The van der Waals surface area contributed by atoms with Crippen molar-refractivity contribution in [1.82, 2.24) is 15.2 Å². The smallest absolute Gasteiger partial charge is 0.271 e. The van der Waals surface area contributed by atoms with Crippen molar-refractivity contribution in [2.24, 2.45) is 0 Å². The predicted molar refractivity (Wildman–Crippen MR) is 140 cm³/mol. The number of carbonyl (C=O) groups excluding carboxylic acids is 2. The first-order valence-electron chi connectivity index (χ1n) is 12.0. The van der Waals surface area contributed by atoms with Crippen molar-refractivity contribution < 1.29 is 18.7 Å². The van der Waals surface area contributed by atoms with Gasteiger partial charge in [0.1, 0.15) is 28.9 Å². The molecule has 0 bridgehead atoms. The highest BCUT2D eigenvalue weighted by Crippen LogP contribution is 2.37. The topological polar surface area (TPSA) is 71.5 Å². The molecular formula is C29H26FN3O3S. The van der Waals surface area contributed by atoms with E-state index in [9.17, 15) is 14.0 Å². The number of hydrogen-bond donors (Lipinski definition) is 1. The SMILES string of the molecule is CC(=O)N1CCc2ccc(OCc3nc(C(=O)NCc4ccccc4)cs3)cc2[C@H]1c1ccc(F)cc1. The minimum atomic E-state index is -0.317. The van der Waals surface area contributed by atoms with Crippen LogP contribution in [0.4, 0.5) is 4.39 Å². The Morgan fingerprint density at radius 1 is 1.11 bits per heavy atom. The average molecular weight is 516 g/mol. The number of rotatable bonds is 7. The van der Waals surface area contributed by atoms with E-state index in [2.05, 4.69) is 10.3 Å². The third-order valence-corrected chi connectivity index (χ3v) is 7.20. The molecule has 8 heteroatoms. The van der Waals surface area contributed by atoms with Gasteiger partial charge in [-0.05, 0) is 52.9 Å². The largest absolute Gasteiger partial charge is 0.486 e. The predicted octanol–water partition coefficient (Wildman–Crippen LogP) is 5.29. The lowest BCUT2D eigenvalue weighted by atomic mass is 9.88. The first-order chi connectivity index (χ1) is 18.0. The van der Waals surface area contributed by atoms with E-state index in [1.807, 2.05) is 48.5 Å². The third-order valence-electron chi connectivity index (χ3n) is 6.38. The summed E-state index contributed by atoms with van der Waals surface area (Å²) in [5.41, 5.74) is 4.32. The molecule has 2 heterocycles. The second-order valence-electron chi connectivity index (χ2n) is 8.86. The molecule has 1 aliphatic heterocycles. The molecule has 188 valence electrons. The maximum atomic E-state index is 13.6. The first-order valence-corrected chi connectivity index (χ1v) is 12.9. The quantitative estimate of drug-likeness (QED) is 0.363. The van der Waals surface area contributed by atoms with Crippen LogP contribution < -0.4 is 10.1 Å². The van der Waals surface area contributed by atoms with Crippen LogP contribution in [-0.4, -0.2) is 28.2 Å². The summed E-state index contributed by atoms with van der Waals surface area (Å²) in [6.07, 6.45) is 0.737. The summed E-state index contributed by atoms with van der Waals surface area (Å²) in [7, 11) is 0. The third kappa shape index (κ3) is 5.70. The van der Waals surface area contributed by atoms with Crippen molar-refractivity contribution in [2.45, 2.75) is 32.5 Å². The fourth-order valence-electron chi connectivity index (χ4n) is 4.52. The monoisotopic (exact) mass is 515 g/mol. The second kappa shape index (κ2) is 10.9. The number of halogens is 1. The summed E-state index contributed by atoms with van der Waals surface area (Å²) in [6, 6.07) is 21.5. The lowest BCUT2D eigenvalue weighted by molar-refractivity contribution is -0.130. The minimum Gasteiger partial charge on any atom is -0.486 e. The molecule has 6 nitrogen and oxygen atoms in total. The highest BCUT2D eigenvalue weighted by molar-refractivity contribution is 7.09. The Bertz CT molecular complexity index is 1410. The van der Waals surface area contributed by atoms with Gasteiger partial charge in [0.15, 0.2) is 0 Å². The Morgan fingerprint density at radius 2 is 1.89 bits per heavy atom.